The lowest BCUT2D eigenvalue weighted by Crippen LogP contribution is -2.39. The molecule has 0 aliphatic carbocycles. The molecule has 136 valence electrons. The zero-order valence-electron chi connectivity index (χ0n) is 14.7. The van der Waals surface area contributed by atoms with E-state index in [1.54, 1.807) is 0 Å². The molecule has 1 saturated heterocycles. The first-order chi connectivity index (χ1) is 11.1. The number of hydrogen-bond acceptors (Lipinski definition) is 2. The Balaban J connectivity index is 0.00000288. The van der Waals surface area contributed by atoms with Crippen LogP contribution in [-0.4, -0.2) is 36.5 Å². The second-order valence-electron chi connectivity index (χ2n) is 6.49. The van der Waals surface area contributed by atoms with Crippen molar-refractivity contribution in [3.63, 3.8) is 0 Å². The minimum atomic E-state index is 0. The predicted molar refractivity (Wildman–Crippen MR) is 114 cm³/mol. The van der Waals surface area contributed by atoms with Crippen LogP contribution in [0.5, 0.6) is 0 Å². The van der Waals surface area contributed by atoms with E-state index in [9.17, 15) is 0 Å². The lowest BCUT2D eigenvalue weighted by Gasteiger charge is -2.31. The third-order valence-corrected chi connectivity index (χ3v) is 4.95. The highest BCUT2D eigenvalue weighted by Crippen LogP contribution is 2.22. The average Bonchev–Trinajstić information content (AvgIpc) is 2.56. The highest BCUT2D eigenvalue weighted by Gasteiger charge is 2.19. The molecule has 1 fully saturated rings. The van der Waals surface area contributed by atoms with Crippen LogP contribution >= 0.6 is 35.6 Å². The highest BCUT2D eigenvalue weighted by molar-refractivity contribution is 14.0. The van der Waals surface area contributed by atoms with Crippen molar-refractivity contribution in [1.82, 2.24) is 10.2 Å². The molecule has 0 saturated carbocycles. The summed E-state index contributed by atoms with van der Waals surface area (Å²) in [4.78, 5) is 6.98. The van der Waals surface area contributed by atoms with E-state index in [4.69, 9.17) is 17.3 Å². The summed E-state index contributed by atoms with van der Waals surface area (Å²) in [6, 6.07) is 8.49. The Morgan fingerprint density at radius 3 is 2.67 bits per heavy atom. The molecular formula is C18H30ClIN4. The summed E-state index contributed by atoms with van der Waals surface area (Å²) in [5.74, 6) is 1.22. The van der Waals surface area contributed by atoms with E-state index in [1.807, 2.05) is 12.1 Å². The Labute approximate surface area is 168 Å². The Bertz CT molecular complexity index is 515. The zero-order chi connectivity index (χ0) is 16.7. The number of halogens is 2. The van der Waals surface area contributed by atoms with E-state index in [2.05, 4.69) is 41.2 Å². The summed E-state index contributed by atoms with van der Waals surface area (Å²) in [6.07, 6.45) is 3.39. The molecule has 0 radical (unpaired) electrons. The van der Waals surface area contributed by atoms with Crippen molar-refractivity contribution >= 4 is 41.5 Å². The maximum Gasteiger partial charge on any atom is 0.188 e. The van der Waals surface area contributed by atoms with E-state index in [1.165, 1.54) is 18.4 Å². The number of guanidine groups is 1. The van der Waals surface area contributed by atoms with Crippen LogP contribution in [-0.2, 0) is 6.54 Å². The number of nitrogens with two attached hydrogens (primary N) is 1. The van der Waals surface area contributed by atoms with Crippen LogP contribution in [0, 0.1) is 5.92 Å². The summed E-state index contributed by atoms with van der Waals surface area (Å²) < 4.78 is 0. The van der Waals surface area contributed by atoms with Gasteiger partial charge in [-0.1, -0.05) is 36.7 Å². The number of aliphatic imine (C=N–C) groups is 1. The van der Waals surface area contributed by atoms with Crippen LogP contribution in [0.1, 0.15) is 38.7 Å². The molecule has 3 N–H and O–H groups in total. The SMILES string of the molecule is CCC(C)NC(N)=NCC1CCN(Cc2ccccc2Cl)CC1.I. The van der Waals surface area contributed by atoms with Crippen LogP contribution in [0.25, 0.3) is 0 Å². The van der Waals surface area contributed by atoms with Crippen molar-refractivity contribution in [3.05, 3.63) is 34.9 Å². The van der Waals surface area contributed by atoms with Crippen molar-refractivity contribution in [2.24, 2.45) is 16.6 Å². The van der Waals surface area contributed by atoms with Crippen molar-refractivity contribution < 1.29 is 0 Å². The van der Waals surface area contributed by atoms with Crippen molar-refractivity contribution in [2.45, 2.75) is 45.7 Å². The Kier molecular flexibility index (Phi) is 10.0. The molecule has 1 unspecified atom stereocenters. The van der Waals surface area contributed by atoms with Gasteiger partial charge in [0.05, 0.1) is 0 Å². The van der Waals surface area contributed by atoms with E-state index in [-0.39, 0.29) is 24.0 Å². The van der Waals surface area contributed by atoms with Crippen LogP contribution in [0.15, 0.2) is 29.3 Å². The first kappa shape index (κ1) is 21.5. The lowest BCUT2D eigenvalue weighted by molar-refractivity contribution is 0.180. The first-order valence-electron chi connectivity index (χ1n) is 8.60. The molecule has 6 heteroatoms. The summed E-state index contributed by atoms with van der Waals surface area (Å²) in [5, 5.41) is 4.08. The number of likely N-dealkylation sites (tertiary alicyclic amines) is 1. The second-order valence-corrected chi connectivity index (χ2v) is 6.90. The largest absolute Gasteiger partial charge is 0.370 e. The van der Waals surface area contributed by atoms with Crippen LogP contribution in [0.4, 0.5) is 0 Å². The molecule has 4 nitrogen and oxygen atoms in total. The summed E-state index contributed by atoms with van der Waals surface area (Å²) in [5.41, 5.74) is 7.14. The predicted octanol–water partition coefficient (Wildman–Crippen LogP) is 3.87. The quantitative estimate of drug-likeness (QED) is 0.382. The fourth-order valence-corrected chi connectivity index (χ4v) is 3.02. The van der Waals surface area contributed by atoms with Gasteiger partial charge in [-0.2, -0.15) is 0 Å². The maximum atomic E-state index is 6.24. The van der Waals surface area contributed by atoms with Crippen LogP contribution < -0.4 is 11.1 Å². The Morgan fingerprint density at radius 1 is 1.38 bits per heavy atom. The topological polar surface area (TPSA) is 53.6 Å². The Hall–Kier alpha value is -0.530. The molecule has 1 aromatic rings. The Morgan fingerprint density at radius 2 is 2.04 bits per heavy atom. The molecule has 0 amide bonds. The van der Waals surface area contributed by atoms with Gasteiger partial charge in [0, 0.05) is 24.2 Å². The summed E-state index contributed by atoms with van der Waals surface area (Å²) >= 11 is 6.24. The van der Waals surface area contributed by atoms with Gasteiger partial charge in [0.2, 0.25) is 0 Å². The number of benzene rings is 1. The van der Waals surface area contributed by atoms with Crippen molar-refractivity contribution in [2.75, 3.05) is 19.6 Å². The van der Waals surface area contributed by atoms with Gasteiger partial charge in [0.1, 0.15) is 0 Å². The first-order valence-corrected chi connectivity index (χ1v) is 8.98. The third-order valence-electron chi connectivity index (χ3n) is 4.59. The lowest BCUT2D eigenvalue weighted by atomic mass is 9.96. The molecule has 1 aliphatic rings. The minimum absolute atomic E-state index is 0. The van der Waals surface area contributed by atoms with Crippen molar-refractivity contribution in [1.29, 1.82) is 0 Å². The van der Waals surface area contributed by atoms with Gasteiger partial charge in [-0.05, 0) is 56.8 Å². The van der Waals surface area contributed by atoms with E-state index in [0.717, 1.165) is 37.6 Å². The van der Waals surface area contributed by atoms with E-state index < -0.39 is 0 Å². The molecule has 0 aromatic heterocycles. The fraction of sp³-hybridized carbons (Fsp3) is 0.611. The van der Waals surface area contributed by atoms with Crippen LogP contribution in [0.2, 0.25) is 5.02 Å². The molecule has 24 heavy (non-hydrogen) atoms. The van der Waals surface area contributed by atoms with Gasteiger partial charge in [-0.15, -0.1) is 24.0 Å². The van der Waals surface area contributed by atoms with E-state index >= 15 is 0 Å². The van der Waals surface area contributed by atoms with Gasteiger partial charge in [0.25, 0.3) is 0 Å². The third kappa shape index (κ3) is 7.15. The normalized spacial score (nSPS) is 18.0. The molecule has 2 rings (SSSR count). The van der Waals surface area contributed by atoms with E-state index in [0.29, 0.717) is 17.9 Å². The highest BCUT2D eigenvalue weighted by atomic mass is 127. The second kappa shape index (κ2) is 11.2. The minimum Gasteiger partial charge on any atom is -0.370 e. The smallest absolute Gasteiger partial charge is 0.188 e. The zero-order valence-corrected chi connectivity index (χ0v) is 17.8. The van der Waals surface area contributed by atoms with Crippen molar-refractivity contribution in [3.8, 4) is 0 Å². The van der Waals surface area contributed by atoms with Gasteiger partial charge >= 0.3 is 0 Å². The molecule has 1 heterocycles. The number of nitrogens with one attached hydrogen (secondary N) is 1. The van der Waals surface area contributed by atoms with Gasteiger partial charge < -0.3 is 11.1 Å². The summed E-state index contributed by atoms with van der Waals surface area (Å²) in [6.45, 7) is 8.23. The standard InChI is InChI=1S/C18H29ClN4.HI/c1-3-14(2)22-18(20)21-12-15-8-10-23(11-9-15)13-16-6-4-5-7-17(16)19;/h4-7,14-15H,3,8-13H2,1-2H3,(H3,20,21,22);1H. The van der Waals surface area contributed by atoms with Gasteiger partial charge in [0.15, 0.2) is 5.96 Å². The molecule has 1 aliphatic heterocycles. The number of hydrogen-bond donors (Lipinski definition) is 2. The molecule has 1 aromatic carbocycles. The molecular weight excluding hydrogens is 435 g/mol. The molecule has 0 bridgehead atoms. The number of nitrogens with zero attached hydrogens (tertiary/aromatic N) is 2. The summed E-state index contributed by atoms with van der Waals surface area (Å²) in [7, 11) is 0. The number of piperidine rings is 1. The monoisotopic (exact) mass is 464 g/mol. The van der Waals surface area contributed by atoms with Gasteiger partial charge in [-0.3, -0.25) is 9.89 Å². The molecule has 1 atom stereocenters. The molecule has 0 spiro atoms. The van der Waals surface area contributed by atoms with Gasteiger partial charge in [-0.25, -0.2) is 0 Å². The maximum absolute atomic E-state index is 6.24. The fourth-order valence-electron chi connectivity index (χ4n) is 2.82. The number of rotatable bonds is 6. The average molecular weight is 465 g/mol. The van der Waals surface area contributed by atoms with Crippen LogP contribution in [0.3, 0.4) is 0 Å².